The molecule has 18 heavy (non-hydrogen) atoms. The van der Waals surface area contributed by atoms with Crippen LogP contribution in [0.15, 0.2) is 11.6 Å². The quantitative estimate of drug-likeness (QED) is 0.488. The Morgan fingerprint density at radius 3 is 2.78 bits per heavy atom. The van der Waals surface area contributed by atoms with E-state index in [0.717, 1.165) is 12.8 Å². The van der Waals surface area contributed by atoms with Gasteiger partial charge in [-0.05, 0) is 39.5 Å². The molecule has 4 atom stereocenters. The number of fused-ring (bicyclic) bond motifs is 2. The van der Waals surface area contributed by atoms with E-state index in [2.05, 4.69) is 6.08 Å². The van der Waals surface area contributed by atoms with Gasteiger partial charge in [-0.25, -0.2) is 0 Å². The molecule has 3 nitrogen and oxygen atoms in total. The number of esters is 1. The Kier molecular flexibility index (Phi) is 2.45. The van der Waals surface area contributed by atoms with E-state index in [1.165, 1.54) is 5.57 Å². The molecule has 0 radical (unpaired) electrons. The number of ether oxygens (including phenoxy) is 1. The molecule has 3 rings (SSSR count). The van der Waals surface area contributed by atoms with Gasteiger partial charge >= 0.3 is 5.97 Å². The average molecular weight is 248 g/mol. The van der Waals surface area contributed by atoms with E-state index in [-0.39, 0.29) is 23.4 Å². The maximum absolute atomic E-state index is 12.1. The van der Waals surface area contributed by atoms with Crippen LogP contribution in [-0.4, -0.2) is 17.9 Å². The Balaban J connectivity index is 2.01. The summed E-state index contributed by atoms with van der Waals surface area (Å²) in [5.74, 6) is 0.873. The van der Waals surface area contributed by atoms with Gasteiger partial charge in [-0.1, -0.05) is 11.6 Å². The number of cyclic esters (lactones) is 1. The molecule has 0 unspecified atom stereocenters. The highest BCUT2D eigenvalue weighted by molar-refractivity contribution is 5.89. The van der Waals surface area contributed by atoms with Gasteiger partial charge in [0.1, 0.15) is 11.9 Å². The first-order chi connectivity index (χ1) is 8.41. The highest BCUT2D eigenvalue weighted by Crippen LogP contribution is 2.50. The van der Waals surface area contributed by atoms with E-state index in [9.17, 15) is 9.59 Å². The van der Waals surface area contributed by atoms with Crippen molar-refractivity contribution in [1.82, 2.24) is 0 Å². The Bertz CT molecular complexity index is 447. The predicted molar refractivity (Wildman–Crippen MR) is 66.7 cm³/mol. The van der Waals surface area contributed by atoms with E-state index >= 15 is 0 Å². The van der Waals surface area contributed by atoms with Gasteiger partial charge in [0.05, 0.1) is 5.92 Å². The molecule has 0 N–H and O–H groups in total. The maximum atomic E-state index is 12.1. The Labute approximate surface area is 108 Å². The average Bonchev–Trinajstić information content (AvgIpc) is 2.59. The molecule has 1 saturated heterocycles. The van der Waals surface area contributed by atoms with Crippen molar-refractivity contribution in [3.05, 3.63) is 11.6 Å². The molecule has 3 aliphatic rings. The summed E-state index contributed by atoms with van der Waals surface area (Å²) in [5.41, 5.74) is 0.797. The van der Waals surface area contributed by atoms with Gasteiger partial charge in [0.15, 0.2) is 0 Å². The van der Waals surface area contributed by atoms with Crippen LogP contribution in [0.3, 0.4) is 0 Å². The van der Waals surface area contributed by atoms with E-state index in [1.54, 1.807) is 0 Å². The van der Waals surface area contributed by atoms with Crippen molar-refractivity contribution in [2.75, 3.05) is 0 Å². The molecule has 3 heteroatoms. The SMILES string of the molecule is C[C@H]1OC(=O)[C@@H]2C=C3[C@@H](CCC(=O)C3(C)C)C[C@H]12. The van der Waals surface area contributed by atoms with Crippen molar-refractivity contribution in [3.63, 3.8) is 0 Å². The summed E-state index contributed by atoms with van der Waals surface area (Å²) in [5, 5.41) is 0. The minimum atomic E-state index is -0.389. The second-order valence-electron chi connectivity index (χ2n) is 6.47. The smallest absolute Gasteiger partial charge is 0.313 e. The van der Waals surface area contributed by atoms with E-state index in [1.807, 2.05) is 20.8 Å². The molecule has 1 aliphatic heterocycles. The number of allylic oxidation sites excluding steroid dienone is 1. The molecule has 1 saturated carbocycles. The van der Waals surface area contributed by atoms with E-state index < -0.39 is 0 Å². The summed E-state index contributed by atoms with van der Waals surface area (Å²) in [4.78, 5) is 23.9. The van der Waals surface area contributed by atoms with Crippen LogP contribution in [0.25, 0.3) is 0 Å². The van der Waals surface area contributed by atoms with Gasteiger partial charge in [-0.3, -0.25) is 9.59 Å². The highest BCUT2D eigenvalue weighted by atomic mass is 16.6. The minimum Gasteiger partial charge on any atom is -0.462 e. The standard InChI is InChI=1S/C15H20O3/c1-8-10-6-9-4-5-13(16)15(2,3)12(9)7-11(10)14(17)18-8/h7-11H,4-6H2,1-3H3/t8-,9+,10-,11-/m1/s1. The van der Waals surface area contributed by atoms with Crippen molar-refractivity contribution < 1.29 is 14.3 Å². The lowest BCUT2D eigenvalue weighted by molar-refractivity contribution is -0.142. The molecule has 2 fully saturated rings. The Morgan fingerprint density at radius 2 is 2.06 bits per heavy atom. The fourth-order valence-electron chi connectivity index (χ4n) is 3.90. The van der Waals surface area contributed by atoms with Crippen molar-refractivity contribution >= 4 is 11.8 Å². The number of rotatable bonds is 0. The normalized spacial score (nSPS) is 41.8. The molecule has 0 bridgehead atoms. The number of hydrogen-bond acceptors (Lipinski definition) is 3. The predicted octanol–water partition coefficient (Wildman–Crippen LogP) is 2.50. The fourth-order valence-corrected chi connectivity index (χ4v) is 3.90. The molecule has 0 spiro atoms. The maximum Gasteiger partial charge on any atom is 0.313 e. The Morgan fingerprint density at radius 1 is 1.33 bits per heavy atom. The lowest BCUT2D eigenvalue weighted by Gasteiger charge is -2.42. The first-order valence-electron chi connectivity index (χ1n) is 6.87. The van der Waals surface area contributed by atoms with Crippen LogP contribution in [-0.2, 0) is 14.3 Å². The van der Waals surface area contributed by atoms with Crippen molar-refractivity contribution in [2.24, 2.45) is 23.2 Å². The number of hydrogen-bond donors (Lipinski definition) is 0. The van der Waals surface area contributed by atoms with Crippen LogP contribution < -0.4 is 0 Å². The largest absolute Gasteiger partial charge is 0.462 e. The third-order valence-corrected chi connectivity index (χ3v) is 5.13. The molecule has 98 valence electrons. The van der Waals surface area contributed by atoms with Gasteiger partial charge in [0.25, 0.3) is 0 Å². The van der Waals surface area contributed by atoms with Crippen molar-refractivity contribution in [3.8, 4) is 0 Å². The second kappa shape index (κ2) is 3.69. The summed E-state index contributed by atoms with van der Waals surface area (Å²) in [7, 11) is 0. The van der Waals surface area contributed by atoms with Crippen molar-refractivity contribution in [1.29, 1.82) is 0 Å². The van der Waals surface area contributed by atoms with Gasteiger partial charge in [-0.2, -0.15) is 0 Å². The van der Waals surface area contributed by atoms with Gasteiger partial charge in [0, 0.05) is 17.8 Å². The van der Waals surface area contributed by atoms with Gasteiger partial charge in [-0.15, -0.1) is 0 Å². The third-order valence-electron chi connectivity index (χ3n) is 5.13. The summed E-state index contributed by atoms with van der Waals surface area (Å²) < 4.78 is 5.34. The molecule has 1 heterocycles. The minimum absolute atomic E-state index is 0.0287. The molecular weight excluding hydrogens is 228 g/mol. The molecule has 2 aliphatic carbocycles. The van der Waals surface area contributed by atoms with Gasteiger partial charge in [0.2, 0.25) is 0 Å². The second-order valence-corrected chi connectivity index (χ2v) is 6.47. The molecule has 0 aromatic rings. The van der Waals surface area contributed by atoms with Crippen LogP contribution in [0.2, 0.25) is 0 Å². The van der Waals surface area contributed by atoms with E-state index in [0.29, 0.717) is 24.0 Å². The number of carbonyl (C=O) groups is 2. The summed E-state index contributed by atoms with van der Waals surface area (Å²) >= 11 is 0. The van der Waals surface area contributed by atoms with Crippen LogP contribution in [0.1, 0.15) is 40.0 Å². The monoisotopic (exact) mass is 248 g/mol. The zero-order valence-corrected chi connectivity index (χ0v) is 11.2. The summed E-state index contributed by atoms with van der Waals surface area (Å²) in [6, 6.07) is 0. The lowest BCUT2D eigenvalue weighted by Crippen LogP contribution is -2.40. The lowest BCUT2D eigenvalue weighted by atomic mass is 9.60. The van der Waals surface area contributed by atoms with Crippen LogP contribution in [0.5, 0.6) is 0 Å². The first kappa shape index (κ1) is 11.9. The molecule has 0 aromatic heterocycles. The fraction of sp³-hybridized carbons (Fsp3) is 0.733. The van der Waals surface area contributed by atoms with E-state index in [4.69, 9.17) is 4.74 Å². The molecular formula is C15H20O3. The van der Waals surface area contributed by atoms with Crippen molar-refractivity contribution in [2.45, 2.75) is 46.1 Å². The van der Waals surface area contributed by atoms with Gasteiger partial charge < -0.3 is 4.74 Å². The van der Waals surface area contributed by atoms with Crippen LogP contribution in [0, 0.1) is 23.2 Å². The zero-order valence-electron chi connectivity index (χ0n) is 11.2. The zero-order chi connectivity index (χ0) is 13.1. The topological polar surface area (TPSA) is 43.4 Å². The Hall–Kier alpha value is -1.12. The molecule has 0 amide bonds. The summed E-state index contributed by atoms with van der Waals surface area (Å²) in [6.07, 6.45) is 4.70. The van der Waals surface area contributed by atoms with Crippen LogP contribution >= 0.6 is 0 Å². The van der Waals surface area contributed by atoms with Crippen LogP contribution in [0.4, 0.5) is 0 Å². The number of carbonyl (C=O) groups excluding carboxylic acids is 2. The molecule has 0 aromatic carbocycles. The summed E-state index contributed by atoms with van der Waals surface area (Å²) in [6.45, 7) is 5.98. The highest BCUT2D eigenvalue weighted by Gasteiger charge is 2.50. The number of ketones is 1. The first-order valence-corrected chi connectivity index (χ1v) is 6.87. The number of Topliss-reactive ketones (excluding diaryl/α,β-unsaturated/α-hetero) is 1. The third kappa shape index (κ3) is 1.49.